The molecule has 0 aliphatic heterocycles. The lowest BCUT2D eigenvalue weighted by molar-refractivity contribution is 0.0525. The molecule has 0 bridgehead atoms. The van der Waals surface area contributed by atoms with Crippen LogP contribution in [0.25, 0.3) is 0 Å². The van der Waals surface area contributed by atoms with Gasteiger partial charge >= 0.3 is 6.09 Å². The zero-order chi connectivity index (χ0) is 17.0. The highest BCUT2D eigenvalue weighted by Crippen LogP contribution is 2.50. The van der Waals surface area contributed by atoms with Gasteiger partial charge in [-0.05, 0) is 57.2 Å². The Labute approximate surface area is 136 Å². The quantitative estimate of drug-likeness (QED) is 0.805. The number of ether oxygens (including phenoxy) is 2. The van der Waals surface area contributed by atoms with Crippen molar-refractivity contribution in [3.05, 3.63) is 42.2 Å². The molecule has 2 unspecified atom stereocenters. The largest absolute Gasteiger partial charge is 0.489 e. The second-order valence-electron chi connectivity index (χ2n) is 6.77. The molecule has 126 valence electrons. The Bertz CT molecular complexity index is 580. The first-order chi connectivity index (χ1) is 10.8. The lowest BCUT2D eigenvalue weighted by atomic mass is 10.1. The first-order valence-electron chi connectivity index (χ1n) is 7.80. The third-order valence-corrected chi connectivity index (χ3v) is 3.56. The molecule has 1 aromatic rings. The molecule has 1 saturated carbocycles. The molecule has 1 aromatic carbocycles. The molecule has 0 spiro atoms. The number of carbonyl (C=O) groups is 1. The van der Waals surface area contributed by atoms with E-state index < -0.39 is 11.7 Å². The third-order valence-electron chi connectivity index (χ3n) is 3.56. The topological polar surface area (TPSA) is 47.6 Å². The molecule has 0 heterocycles. The monoisotopic (exact) mass is 321 g/mol. The van der Waals surface area contributed by atoms with Crippen LogP contribution in [-0.2, 0) is 4.74 Å². The first-order valence-corrected chi connectivity index (χ1v) is 7.80. The summed E-state index contributed by atoms with van der Waals surface area (Å²) in [7, 11) is 0. The van der Waals surface area contributed by atoms with Crippen LogP contribution in [0, 0.1) is 11.7 Å². The van der Waals surface area contributed by atoms with E-state index in [1.807, 2.05) is 20.8 Å². The Hall–Kier alpha value is -2.04. The SMILES string of the molecule is C=CCOc1ccc(F)cc1C1CC1CNC(=O)OC(C)(C)C. The molecule has 2 rings (SSSR count). The number of carbonyl (C=O) groups excluding carboxylic acids is 1. The predicted molar refractivity (Wildman–Crippen MR) is 87.2 cm³/mol. The Kier molecular flexibility index (Phi) is 5.29. The molecule has 1 amide bonds. The van der Waals surface area contributed by atoms with Gasteiger partial charge in [-0.1, -0.05) is 12.7 Å². The number of halogens is 1. The van der Waals surface area contributed by atoms with Gasteiger partial charge < -0.3 is 14.8 Å². The van der Waals surface area contributed by atoms with Crippen LogP contribution in [0.1, 0.15) is 38.7 Å². The minimum absolute atomic E-state index is 0.195. The number of rotatable bonds is 6. The lowest BCUT2D eigenvalue weighted by Crippen LogP contribution is -2.33. The molecule has 1 N–H and O–H groups in total. The van der Waals surface area contributed by atoms with Crippen molar-refractivity contribution in [2.45, 2.75) is 38.7 Å². The Morgan fingerprint density at radius 2 is 2.22 bits per heavy atom. The summed E-state index contributed by atoms with van der Waals surface area (Å²) in [6, 6.07) is 4.54. The van der Waals surface area contributed by atoms with Gasteiger partial charge in [-0.25, -0.2) is 9.18 Å². The molecule has 0 saturated heterocycles. The molecule has 2 atom stereocenters. The van der Waals surface area contributed by atoms with E-state index >= 15 is 0 Å². The average Bonchev–Trinajstić information content (AvgIpc) is 3.21. The van der Waals surface area contributed by atoms with E-state index in [-0.39, 0.29) is 17.7 Å². The van der Waals surface area contributed by atoms with Gasteiger partial charge in [0.05, 0.1) is 0 Å². The summed E-state index contributed by atoms with van der Waals surface area (Å²) >= 11 is 0. The molecule has 0 aromatic heterocycles. The van der Waals surface area contributed by atoms with Crippen molar-refractivity contribution in [1.29, 1.82) is 0 Å². The first kappa shape index (κ1) is 17.3. The number of alkyl carbamates (subject to hydrolysis) is 1. The summed E-state index contributed by atoms with van der Waals surface area (Å²) in [5.41, 5.74) is 0.337. The van der Waals surface area contributed by atoms with Crippen molar-refractivity contribution in [2.24, 2.45) is 5.92 Å². The fourth-order valence-corrected chi connectivity index (χ4v) is 2.47. The van der Waals surface area contributed by atoms with Crippen molar-refractivity contribution >= 4 is 6.09 Å². The molecule has 1 aliphatic rings. The summed E-state index contributed by atoms with van der Waals surface area (Å²) < 4.78 is 24.3. The summed E-state index contributed by atoms with van der Waals surface area (Å²) in [4.78, 5) is 11.7. The molecule has 1 aliphatic carbocycles. The highest BCUT2D eigenvalue weighted by atomic mass is 19.1. The standard InChI is InChI=1S/C18H24FNO3/c1-5-8-22-16-7-6-13(19)10-15(16)14-9-12(14)11-20-17(21)23-18(2,3)4/h5-7,10,12,14H,1,8-9,11H2,2-4H3,(H,20,21). The van der Waals surface area contributed by atoms with Crippen LogP contribution in [0.2, 0.25) is 0 Å². The van der Waals surface area contributed by atoms with Crippen molar-refractivity contribution in [1.82, 2.24) is 5.32 Å². The fraction of sp³-hybridized carbons (Fsp3) is 0.500. The van der Waals surface area contributed by atoms with Gasteiger partial charge in [-0.15, -0.1) is 0 Å². The van der Waals surface area contributed by atoms with Crippen molar-refractivity contribution in [3.63, 3.8) is 0 Å². The highest BCUT2D eigenvalue weighted by Gasteiger charge is 2.40. The molecule has 4 nitrogen and oxygen atoms in total. The van der Waals surface area contributed by atoms with Gasteiger partial charge in [0.2, 0.25) is 0 Å². The molecule has 5 heteroatoms. The average molecular weight is 321 g/mol. The van der Waals surface area contributed by atoms with E-state index in [1.54, 1.807) is 12.1 Å². The maximum atomic E-state index is 13.5. The maximum absolute atomic E-state index is 13.5. The van der Waals surface area contributed by atoms with Crippen molar-refractivity contribution < 1.29 is 18.7 Å². The molecule has 23 heavy (non-hydrogen) atoms. The van der Waals surface area contributed by atoms with Gasteiger partial charge in [0.15, 0.2) is 0 Å². The number of benzene rings is 1. The zero-order valence-corrected chi connectivity index (χ0v) is 13.9. The van der Waals surface area contributed by atoms with Gasteiger partial charge in [-0.2, -0.15) is 0 Å². The van der Waals surface area contributed by atoms with Crippen LogP contribution in [0.5, 0.6) is 5.75 Å². The van der Waals surface area contributed by atoms with Crippen LogP contribution < -0.4 is 10.1 Å². The second kappa shape index (κ2) is 7.02. The number of nitrogens with one attached hydrogen (secondary N) is 1. The molecular weight excluding hydrogens is 297 g/mol. The van der Waals surface area contributed by atoms with Crippen LogP contribution in [-0.4, -0.2) is 24.8 Å². The second-order valence-corrected chi connectivity index (χ2v) is 6.77. The normalized spacial score (nSPS) is 19.8. The van der Waals surface area contributed by atoms with E-state index in [4.69, 9.17) is 9.47 Å². The third kappa shape index (κ3) is 5.27. The summed E-state index contributed by atoms with van der Waals surface area (Å²) in [5, 5.41) is 2.77. The molecule has 1 fully saturated rings. The van der Waals surface area contributed by atoms with Gasteiger partial charge in [0.1, 0.15) is 23.8 Å². The van der Waals surface area contributed by atoms with Crippen molar-refractivity contribution in [2.75, 3.05) is 13.2 Å². The van der Waals surface area contributed by atoms with E-state index in [0.717, 1.165) is 12.0 Å². The highest BCUT2D eigenvalue weighted by molar-refractivity contribution is 5.67. The maximum Gasteiger partial charge on any atom is 0.407 e. The minimum atomic E-state index is -0.513. The van der Waals surface area contributed by atoms with E-state index in [2.05, 4.69) is 11.9 Å². The van der Waals surface area contributed by atoms with Gasteiger partial charge in [-0.3, -0.25) is 0 Å². The van der Waals surface area contributed by atoms with Gasteiger partial charge in [0.25, 0.3) is 0 Å². The number of hydrogen-bond acceptors (Lipinski definition) is 3. The van der Waals surface area contributed by atoms with Crippen LogP contribution in [0.15, 0.2) is 30.9 Å². The van der Waals surface area contributed by atoms with Crippen molar-refractivity contribution in [3.8, 4) is 5.75 Å². The Morgan fingerprint density at radius 1 is 1.48 bits per heavy atom. The van der Waals surface area contributed by atoms with Crippen LogP contribution >= 0.6 is 0 Å². The molecular formula is C18H24FNO3. The fourth-order valence-electron chi connectivity index (χ4n) is 2.47. The summed E-state index contributed by atoms with van der Waals surface area (Å²) in [5.74, 6) is 0.864. The Morgan fingerprint density at radius 3 is 2.87 bits per heavy atom. The lowest BCUT2D eigenvalue weighted by Gasteiger charge is -2.19. The van der Waals surface area contributed by atoms with E-state index in [0.29, 0.717) is 18.9 Å². The van der Waals surface area contributed by atoms with Crippen LogP contribution in [0.4, 0.5) is 9.18 Å². The van der Waals surface area contributed by atoms with E-state index in [1.165, 1.54) is 12.1 Å². The smallest absolute Gasteiger partial charge is 0.407 e. The Balaban J connectivity index is 1.91. The summed E-state index contributed by atoms with van der Waals surface area (Å²) in [6.07, 6.45) is 2.12. The van der Waals surface area contributed by atoms with E-state index in [9.17, 15) is 9.18 Å². The molecule has 0 radical (unpaired) electrons. The predicted octanol–water partition coefficient (Wildman–Crippen LogP) is 4.02. The minimum Gasteiger partial charge on any atom is -0.489 e. The number of hydrogen-bond donors (Lipinski definition) is 1. The zero-order valence-electron chi connectivity index (χ0n) is 13.9. The number of amides is 1. The van der Waals surface area contributed by atoms with Gasteiger partial charge in [0, 0.05) is 12.1 Å². The van der Waals surface area contributed by atoms with Crippen LogP contribution in [0.3, 0.4) is 0 Å². The summed E-state index contributed by atoms with van der Waals surface area (Å²) in [6.45, 7) is 9.97.